The van der Waals surface area contributed by atoms with E-state index in [-0.39, 0.29) is 16.3 Å². The molecule has 0 saturated carbocycles. The molecule has 0 aliphatic rings. The molecule has 3 aromatic carbocycles. The second kappa shape index (κ2) is 7.14. The van der Waals surface area contributed by atoms with Gasteiger partial charge in [-0.25, -0.2) is 9.18 Å². The zero-order valence-corrected chi connectivity index (χ0v) is 14.6. The van der Waals surface area contributed by atoms with Crippen molar-refractivity contribution in [3.63, 3.8) is 0 Å². The normalized spacial score (nSPS) is 10.7. The summed E-state index contributed by atoms with van der Waals surface area (Å²) in [6.07, 6.45) is 0.915. The quantitative estimate of drug-likeness (QED) is 0.666. The van der Waals surface area contributed by atoms with E-state index in [1.54, 1.807) is 12.1 Å². The van der Waals surface area contributed by atoms with Gasteiger partial charge in [0.25, 0.3) is 5.91 Å². The molecule has 0 heterocycles. The summed E-state index contributed by atoms with van der Waals surface area (Å²) in [4.78, 5) is 23.8. The van der Waals surface area contributed by atoms with E-state index >= 15 is 0 Å². The summed E-state index contributed by atoms with van der Waals surface area (Å²) in [7, 11) is 0. The van der Waals surface area contributed by atoms with Crippen LogP contribution in [-0.4, -0.2) is 17.0 Å². The Balaban J connectivity index is 1.94. The van der Waals surface area contributed by atoms with Crippen LogP contribution < -0.4 is 5.32 Å². The summed E-state index contributed by atoms with van der Waals surface area (Å²) in [5.41, 5.74) is 1.11. The summed E-state index contributed by atoms with van der Waals surface area (Å²) < 4.78 is 13.7. The number of aryl methyl sites for hydroxylation is 1. The Morgan fingerprint density at radius 2 is 1.77 bits per heavy atom. The standard InChI is InChI=1S/C20H15ClFNO3/c1-2-11-3-4-13-8-14(6-5-12(13)7-11)19(24)23-18-10-17(22)16(21)9-15(18)20(25)26/h3-10H,2H2,1H3,(H,23,24)(H,25,26). The number of halogens is 2. The lowest BCUT2D eigenvalue weighted by molar-refractivity contribution is 0.0698. The van der Waals surface area contributed by atoms with Crippen LogP contribution in [0.2, 0.25) is 5.02 Å². The van der Waals surface area contributed by atoms with Gasteiger partial charge in [-0.1, -0.05) is 42.8 Å². The van der Waals surface area contributed by atoms with Crippen molar-refractivity contribution in [3.8, 4) is 0 Å². The lowest BCUT2D eigenvalue weighted by Crippen LogP contribution is -2.15. The first-order valence-corrected chi connectivity index (χ1v) is 8.33. The van der Waals surface area contributed by atoms with Crippen LogP contribution in [0, 0.1) is 5.82 Å². The summed E-state index contributed by atoms with van der Waals surface area (Å²) >= 11 is 5.62. The second-order valence-electron chi connectivity index (χ2n) is 5.82. The Hall–Kier alpha value is -2.92. The van der Waals surface area contributed by atoms with Crippen molar-refractivity contribution >= 4 is 39.9 Å². The van der Waals surface area contributed by atoms with Gasteiger partial charge in [-0.15, -0.1) is 0 Å². The number of carbonyl (C=O) groups excluding carboxylic acids is 1. The Labute approximate surface area is 154 Å². The molecule has 0 aliphatic heterocycles. The number of carbonyl (C=O) groups is 2. The number of hydrogen-bond acceptors (Lipinski definition) is 2. The number of fused-ring (bicyclic) bond motifs is 1. The van der Waals surface area contributed by atoms with Crippen LogP contribution >= 0.6 is 11.6 Å². The molecule has 1 amide bonds. The van der Waals surface area contributed by atoms with Crippen LogP contribution in [0.5, 0.6) is 0 Å². The van der Waals surface area contributed by atoms with Gasteiger partial charge in [0.2, 0.25) is 0 Å². The fraction of sp³-hybridized carbons (Fsp3) is 0.100. The van der Waals surface area contributed by atoms with E-state index in [0.717, 1.165) is 29.3 Å². The molecule has 2 N–H and O–H groups in total. The van der Waals surface area contributed by atoms with Gasteiger partial charge in [-0.2, -0.15) is 0 Å². The predicted molar refractivity (Wildman–Crippen MR) is 99.6 cm³/mol. The average Bonchev–Trinajstić information content (AvgIpc) is 2.63. The molecule has 26 heavy (non-hydrogen) atoms. The topological polar surface area (TPSA) is 66.4 Å². The lowest BCUT2D eigenvalue weighted by Gasteiger charge is -2.10. The Morgan fingerprint density at radius 1 is 1.08 bits per heavy atom. The summed E-state index contributed by atoms with van der Waals surface area (Å²) in [5, 5.41) is 13.2. The molecule has 0 unspecified atom stereocenters. The Morgan fingerprint density at radius 3 is 2.46 bits per heavy atom. The maximum Gasteiger partial charge on any atom is 0.337 e. The molecule has 132 valence electrons. The second-order valence-corrected chi connectivity index (χ2v) is 6.23. The first-order valence-electron chi connectivity index (χ1n) is 7.95. The van der Waals surface area contributed by atoms with Crippen molar-refractivity contribution in [2.45, 2.75) is 13.3 Å². The minimum atomic E-state index is -1.31. The summed E-state index contributed by atoms with van der Waals surface area (Å²) in [5.74, 6) is -2.65. The van der Waals surface area contributed by atoms with Crippen molar-refractivity contribution in [3.05, 3.63) is 76.1 Å². The molecule has 0 aromatic heterocycles. The third-order valence-corrected chi connectivity index (χ3v) is 4.40. The zero-order valence-electron chi connectivity index (χ0n) is 13.8. The smallest absolute Gasteiger partial charge is 0.337 e. The molecule has 6 heteroatoms. The van der Waals surface area contributed by atoms with Gasteiger partial charge in [-0.05, 0) is 47.0 Å². The highest BCUT2D eigenvalue weighted by Gasteiger charge is 2.17. The average molecular weight is 372 g/mol. The molecule has 0 atom stereocenters. The summed E-state index contributed by atoms with van der Waals surface area (Å²) in [6.45, 7) is 2.06. The highest BCUT2D eigenvalue weighted by molar-refractivity contribution is 6.31. The molecule has 4 nitrogen and oxygen atoms in total. The molecule has 0 aliphatic carbocycles. The van der Waals surface area contributed by atoms with Gasteiger partial charge in [0.05, 0.1) is 16.3 Å². The molecular formula is C20H15ClFNO3. The lowest BCUT2D eigenvalue weighted by atomic mass is 10.0. The molecule has 3 rings (SSSR count). The van der Waals surface area contributed by atoms with Crippen LogP contribution in [0.25, 0.3) is 10.8 Å². The van der Waals surface area contributed by atoms with Crippen LogP contribution in [0.3, 0.4) is 0 Å². The number of carboxylic acids is 1. The van der Waals surface area contributed by atoms with Crippen LogP contribution in [0.15, 0.2) is 48.5 Å². The van der Waals surface area contributed by atoms with Gasteiger partial charge in [0.15, 0.2) is 0 Å². The van der Waals surface area contributed by atoms with Crippen LogP contribution in [0.4, 0.5) is 10.1 Å². The van der Waals surface area contributed by atoms with Gasteiger partial charge >= 0.3 is 5.97 Å². The van der Waals surface area contributed by atoms with E-state index in [1.807, 2.05) is 24.3 Å². The molecular weight excluding hydrogens is 357 g/mol. The SMILES string of the molecule is CCc1ccc2cc(C(=O)Nc3cc(F)c(Cl)cc3C(=O)O)ccc2c1. The number of rotatable bonds is 4. The highest BCUT2D eigenvalue weighted by Crippen LogP contribution is 2.25. The van der Waals surface area contributed by atoms with E-state index in [2.05, 4.69) is 12.2 Å². The fourth-order valence-corrected chi connectivity index (χ4v) is 2.84. The minimum absolute atomic E-state index is 0.147. The van der Waals surface area contributed by atoms with Crippen LogP contribution in [0.1, 0.15) is 33.2 Å². The van der Waals surface area contributed by atoms with Gasteiger partial charge in [0, 0.05) is 5.56 Å². The minimum Gasteiger partial charge on any atom is -0.478 e. The van der Waals surface area contributed by atoms with Crippen molar-refractivity contribution in [2.24, 2.45) is 0 Å². The number of carboxylic acid groups (broad SMARTS) is 1. The van der Waals surface area contributed by atoms with E-state index in [1.165, 1.54) is 5.56 Å². The van der Waals surface area contributed by atoms with Crippen molar-refractivity contribution in [2.75, 3.05) is 5.32 Å². The fourth-order valence-electron chi connectivity index (χ4n) is 2.68. The van der Waals surface area contributed by atoms with E-state index in [9.17, 15) is 19.1 Å². The van der Waals surface area contributed by atoms with E-state index in [4.69, 9.17) is 11.6 Å². The molecule has 0 radical (unpaired) electrons. The zero-order chi connectivity index (χ0) is 18.8. The third kappa shape index (κ3) is 3.53. The Bertz CT molecular complexity index is 1030. The number of benzene rings is 3. The van der Waals surface area contributed by atoms with Crippen molar-refractivity contribution in [1.82, 2.24) is 0 Å². The largest absolute Gasteiger partial charge is 0.478 e. The highest BCUT2D eigenvalue weighted by atomic mass is 35.5. The van der Waals surface area contributed by atoms with E-state index < -0.39 is 17.7 Å². The molecule has 0 saturated heterocycles. The predicted octanol–water partition coefficient (Wildman–Crippen LogP) is 5.15. The third-order valence-electron chi connectivity index (χ3n) is 4.11. The maximum atomic E-state index is 13.7. The number of aromatic carboxylic acids is 1. The van der Waals surface area contributed by atoms with Crippen molar-refractivity contribution in [1.29, 1.82) is 0 Å². The maximum absolute atomic E-state index is 13.7. The van der Waals surface area contributed by atoms with Crippen LogP contribution in [-0.2, 0) is 6.42 Å². The Kier molecular flexibility index (Phi) is 4.91. The molecule has 3 aromatic rings. The monoisotopic (exact) mass is 371 g/mol. The number of nitrogens with one attached hydrogen (secondary N) is 1. The van der Waals surface area contributed by atoms with Gasteiger partial charge < -0.3 is 10.4 Å². The summed E-state index contributed by atoms with van der Waals surface area (Å²) in [6, 6.07) is 13.0. The first-order chi connectivity index (χ1) is 12.4. The number of hydrogen-bond donors (Lipinski definition) is 2. The van der Waals surface area contributed by atoms with Gasteiger partial charge in [-0.3, -0.25) is 4.79 Å². The van der Waals surface area contributed by atoms with E-state index in [0.29, 0.717) is 5.56 Å². The molecule has 0 bridgehead atoms. The molecule has 0 spiro atoms. The molecule has 0 fully saturated rings. The van der Waals surface area contributed by atoms with Gasteiger partial charge in [0.1, 0.15) is 5.82 Å². The number of amides is 1. The number of anilines is 1. The van der Waals surface area contributed by atoms with Crippen molar-refractivity contribution < 1.29 is 19.1 Å². The first kappa shape index (κ1) is 17.9.